The van der Waals surface area contributed by atoms with E-state index in [1.165, 1.54) is 6.07 Å². The normalized spacial score (nSPS) is 10.8. The molecule has 0 saturated heterocycles. The Balaban J connectivity index is 2.10. The molecule has 0 atom stereocenters. The highest BCUT2D eigenvalue weighted by atomic mass is 35.5. The second kappa shape index (κ2) is 4.98. The maximum atomic E-state index is 11.1. The molecule has 100 valence electrons. The van der Waals surface area contributed by atoms with E-state index in [0.29, 0.717) is 17.1 Å². The molecule has 0 unspecified atom stereocenters. The highest BCUT2D eigenvalue weighted by Crippen LogP contribution is 2.28. The van der Waals surface area contributed by atoms with Crippen LogP contribution in [0.4, 0.5) is 5.69 Å². The maximum absolute atomic E-state index is 11.1. The van der Waals surface area contributed by atoms with E-state index in [-0.39, 0.29) is 5.69 Å². The largest absolute Gasteiger partial charge is 0.343 e. The fourth-order valence-corrected chi connectivity index (χ4v) is 2.55. The summed E-state index contributed by atoms with van der Waals surface area (Å²) in [4.78, 5) is 10.7. The second-order valence-electron chi connectivity index (χ2n) is 4.50. The smallest absolute Gasteiger partial charge is 0.275 e. The third-order valence-corrected chi connectivity index (χ3v) is 3.65. The first-order valence-electron chi connectivity index (χ1n) is 6.12. The molecular weight excluding hydrogens is 276 g/mol. The van der Waals surface area contributed by atoms with Gasteiger partial charge >= 0.3 is 0 Å². The van der Waals surface area contributed by atoms with Crippen LogP contribution in [0.2, 0.25) is 5.02 Å². The first kappa shape index (κ1) is 12.7. The lowest BCUT2D eigenvalue weighted by atomic mass is 10.1. The number of benzene rings is 2. The van der Waals surface area contributed by atoms with Crippen molar-refractivity contribution in [1.82, 2.24) is 4.57 Å². The summed E-state index contributed by atoms with van der Waals surface area (Å²) in [6.45, 7) is 0.378. The molecule has 20 heavy (non-hydrogen) atoms. The summed E-state index contributed by atoms with van der Waals surface area (Å²) in [6.07, 6.45) is 1.91. The first-order valence-corrected chi connectivity index (χ1v) is 6.50. The van der Waals surface area contributed by atoms with Crippen molar-refractivity contribution in [2.45, 2.75) is 6.54 Å². The zero-order valence-corrected chi connectivity index (χ0v) is 11.2. The molecule has 1 heterocycles. The number of hydrogen-bond acceptors (Lipinski definition) is 2. The summed E-state index contributed by atoms with van der Waals surface area (Å²) < 4.78 is 1.96. The molecule has 0 bridgehead atoms. The van der Waals surface area contributed by atoms with Crippen LogP contribution in [0.1, 0.15) is 5.56 Å². The van der Waals surface area contributed by atoms with Crippen molar-refractivity contribution in [3.63, 3.8) is 0 Å². The molecule has 0 aliphatic carbocycles. The predicted octanol–water partition coefficient (Wildman–Crippen LogP) is 4.25. The van der Waals surface area contributed by atoms with Gasteiger partial charge in [-0.3, -0.25) is 10.1 Å². The number of nitro benzene ring substituents is 1. The Hall–Kier alpha value is -2.33. The van der Waals surface area contributed by atoms with Crippen LogP contribution in [0.15, 0.2) is 54.7 Å². The summed E-state index contributed by atoms with van der Waals surface area (Å²) in [6, 6.07) is 14.6. The number of nitrogens with zero attached hydrogens (tertiary/aromatic N) is 2. The van der Waals surface area contributed by atoms with Crippen molar-refractivity contribution in [3.8, 4) is 0 Å². The molecule has 2 aromatic carbocycles. The van der Waals surface area contributed by atoms with Crippen LogP contribution in [0.3, 0.4) is 0 Å². The van der Waals surface area contributed by atoms with Crippen LogP contribution in [0.5, 0.6) is 0 Å². The Labute approximate surface area is 120 Å². The van der Waals surface area contributed by atoms with E-state index in [9.17, 15) is 10.1 Å². The third kappa shape index (κ3) is 2.14. The van der Waals surface area contributed by atoms with Crippen molar-refractivity contribution in [1.29, 1.82) is 0 Å². The van der Waals surface area contributed by atoms with E-state index in [0.717, 1.165) is 10.9 Å². The molecular formula is C15H11ClN2O2. The Morgan fingerprint density at radius 1 is 1.10 bits per heavy atom. The number of rotatable bonds is 3. The van der Waals surface area contributed by atoms with Gasteiger partial charge in [-0.2, -0.15) is 0 Å². The van der Waals surface area contributed by atoms with Crippen molar-refractivity contribution in [2.24, 2.45) is 0 Å². The molecule has 0 aliphatic heterocycles. The van der Waals surface area contributed by atoms with E-state index < -0.39 is 4.92 Å². The molecule has 4 nitrogen and oxygen atoms in total. The minimum Gasteiger partial charge on any atom is -0.343 e. The Bertz CT molecular complexity index is 795. The highest BCUT2D eigenvalue weighted by Gasteiger charge is 2.17. The van der Waals surface area contributed by atoms with Crippen molar-refractivity contribution < 1.29 is 4.92 Å². The Morgan fingerprint density at radius 2 is 1.90 bits per heavy atom. The number of fused-ring (bicyclic) bond motifs is 1. The van der Waals surface area contributed by atoms with E-state index in [2.05, 4.69) is 0 Å². The molecule has 0 N–H and O–H groups in total. The van der Waals surface area contributed by atoms with Gasteiger partial charge in [-0.05, 0) is 23.6 Å². The molecule has 3 aromatic rings. The summed E-state index contributed by atoms with van der Waals surface area (Å²) in [5.74, 6) is 0. The van der Waals surface area contributed by atoms with Crippen LogP contribution in [0, 0.1) is 10.1 Å². The van der Waals surface area contributed by atoms with E-state index >= 15 is 0 Å². The number of hydrogen-bond donors (Lipinski definition) is 0. The quantitative estimate of drug-likeness (QED) is 0.534. The van der Waals surface area contributed by atoms with Gasteiger partial charge in [-0.25, -0.2) is 0 Å². The van der Waals surface area contributed by atoms with Crippen LogP contribution in [-0.2, 0) is 6.54 Å². The van der Waals surface area contributed by atoms with Crippen molar-refractivity contribution >= 4 is 28.2 Å². The summed E-state index contributed by atoms with van der Waals surface area (Å²) >= 11 is 6.12. The first-order chi connectivity index (χ1) is 9.66. The summed E-state index contributed by atoms with van der Waals surface area (Å²) in [5.41, 5.74) is 1.61. The van der Waals surface area contributed by atoms with Gasteiger partial charge < -0.3 is 4.57 Å². The van der Waals surface area contributed by atoms with Gasteiger partial charge in [-0.15, -0.1) is 0 Å². The SMILES string of the molecule is O=[N+]([O-])c1cccc(Cl)c1Cn1ccc2ccccc21. The van der Waals surface area contributed by atoms with Gasteiger partial charge in [0, 0.05) is 17.8 Å². The Kier molecular flexibility index (Phi) is 3.16. The third-order valence-electron chi connectivity index (χ3n) is 3.30. The molecule has 1 aromatic heterocycles. The van der Waals surface area contributed by atoms with Gasteiger partial charge in [-0.1, -0.05) is 35.9 Å². The zero-order valence-electron chi connectivity index (χ0n) is 10.5. The van der Waals surface area contributed by atoms with Crippen LogP contribution >= 0.6 is 11.6 Å². The van der Waals surface area contributed by atoms with Gasteiger partial charge in [0.1, 0.15) is 0 Å². The molecule has 0 spiro atoms. The molecule has 0 aliphatic rings. The van der Waals surface area contributed by atoms with Gasteiger partial charge in [0.2, 0.25) is 0 Å². The minimum absolute atomic E-state index is 0.0512. The van der Waals surface area contributed by atoms with Crippen LogP contribution < -0.4 is 0 Å². The Morgan fingerprint density at radius 3 is 2.70 bits per heavy atom. The van der Waals surface area contributed by atoms with Gasteiger partial charge in [0.05, 0.1) is 22.1 Å². The average molecular weight is 287 g/mol. The van der Waals surface area contributed by atoms with Crippen molar-refractivity contribution in [3.05, 3.63) is 75.4 Å². The molecule has 0 fully saturated rings. The monoisotopic (exact) mass is 286 g/mol. The number of aromatic nitrogens is 1. The molecule has 3 rings (SSSR count). The number of halogens is 1. The summed E-state index contributed by atoms with van der Waals surface area (Å²) in [5, 5.41) is 12.6. The number of para-hydroxylation sites is 1. The lowest BCUT2D eigenvalue weighted by molar-refractivity contribution is -0.385. The standard InChI is InChI=1S/C15H11ClN2O2/c16-13-5-3-7-15(18(19)20)12(13)10-17-9-8-11-4-1-2-6-14(11)17/h1-9H,10H2. The predicted molar refractivity (Wildman–Crippen MR) is 79.1 cm³/mol. The van der Waals surface area contributed by atoms with E-state index in [4.69, 9.17) is 11.6 Å². The van der Waals surface area contributed by atoms with E-state index in [1.807, 2.05) is 41.1 Å². The number of nitro groups is 1. The lowest BCUT2D eigenvalue weighted by Crippen LogP contribution is -2.03. The van der Waals surface area contributed by atoms with Gasteiger partial charge in [0.15, 0.2) is 0 Å². The summed E-state index contributed by atoms with van der Waals surface area (Å²) in [7, 11) is 0. The second-order valence-corrected chi connectivity index (χ2v) is 4.90. The topological polar surface area (TPSA) is 48.1 Å². The molecule has 0 saturated carbocycles. The molecule has 0 amide bonds. The lowest BCUT2D eigenvalue weighted by Gasteiger charge is -2.08. The minimum atomic E-state index is -0.396. The van der Waals surface area contributed by atoms with Gasteiger partial charge in [0.25, 0.3) is 5.69 Å². The van der Waals surface area contributed by atoms with Crippen molar-refractivity contribution in [2.75, 3.05) is 0 Å². The van der Waals surface area contributed by atoms with E-state index in [1.54, 1.807) is 12.1 Å². The van der Waals surface area contributed by atoms with Crippen LogP contribution in [0.25, 0.3) is 10.9 Å². The maximum Gasteiger partial charge on any atom is 0.275 e. The molecule has 5 heteroatoms. The zero-order chi connectivity index (χ0) is 14.1. The highest BCUT2D eigenvalue weighted by molar-refractivity contribution is 6.31. The fraction of sp³-hybridized carbons (Fsp3) is 0.0667. The fourth-order valence-electron chi connectivity index (χ4n) is 2.32. The van der Waals surface area contributed by atoms with Crippen LogP contribution in [-0.4, -0.2) is 9.49 Å². The average Bonchev–Trinajstić information content (AvgIpc) is 2.84. The molecule has 0 radical (unpaired) electrons.